The Hall–Kier alpha value is -1.30. The molecule has 6 nitrogen and oxygen atoms in total. The van der Waals surface area contributed by atoms with Crippen molar-refractivity contribution in [3.8, 4) is 0 Å². The maximum absolute atomic E-state index is 12.5. The Morgan fingerprint density at radius 1 is 1.56 bits per heavy atom. The van der Waals surface area contributed by atoms with Crippen LogP contribution in [-0.2, 0) is 9.53 Å². The summed E-state index contributed by atoms with van der Waals surface area (Å²) in [4.78, 5) is 12.5. The minimum absolute atomic E-state index is 0.0347. The van der Waals surface area contributed by atoms with Gasteiger partial charge in [0.15, 0.2) is 5.84 Å². The van der Waals surface area contributed by atoms with Crippen LogP contribution in [0.4, 0.5) is 0 Å². The Labute approximate surface area is 108 Å². The average Bonchev–Trinajstić information content (AvgIpc) is 2.77. The number of ether oxygens (including phenoxy) is 1. The average molecular weight is 257 g/mol. The van der Waals surface area contributed by atoms with Gasteiger partial charge in [-0.1, -0.05) is 19.0 Å². The summed E-state index contributed by atoms with van der Waals surface area (Å²) in [6.07, 6.45) is 1.75. The molecule has 0 aromatic carbocycles. The van der Waals surface area contributed by atoms with Crippen molar-refractivity contribution in [2.45, 2.75) is 45.6 Å². The van der Waals surface area contributed by atoms with Crippen LogP contribution in [-0.4, -0.2) is 35.7 Å². The van der Waals surface area contributed by atoms with E-state index in [1.54, 1.807) is 0 Å². The van der Waals surface area contributed by atoms with E-state index in [4.69, 9.17) is 15.7 Å². The van der Waals surface area contributed by atoms with E-state index in [1.807, 2.05) is 20.8 Å². The van der Waals surface area contributed by atoms with E-state index >= 15 is 0 Å². The Morgan fingerprint density at radius 3 is 2.56 bits per heavy atom. The number of nitrogens with zero attached hydrogens (tertiary/aromatic N) is 1. The highest BCUT2D eigenvalue weighted by Crippen LogP contribution is 2.29. The maximum atomic E-state index is 12.5. The number of hydrogen-bond donors (Lipinski definition) is 3. The van der Waals surface area contributed by atoms with Crippen LogP contribution < -0.4 is 11.1 Å². The summed E-state index contributed by atoms with van der Waals surface area (Å²) in [7, 11) is 0. The molecule has 1 heterocycles. The number of oxime groups is 1. The topological polar surface area (TPSA) is 96.9 Å². The fourth-order valence-electron chi connectivity index (χ4n) is 2.30. The molecule has 1 aliphatic rings. The van der Waals surface area contributed by atoms with Gasteiger partial charge in [0.25, 0.3) is 0 Å². The zero-order chi connectivity index (χ0) is 13.8. The van der Waals surface area contributed by atoms with Crippen molar-refractivity contribution in [1.82, 2.24) is 5.32 Å². The Balaban J connectivity index is 2.90. The van der Waals surface area contributed by atoms with E-state index in [2.05, 4.69) is 10.5 Å². The molecular weight excluding hydrogens is 234 g/mol. The molecular formula is C12H23N3O3. The second-order valence-corrected chi connectivity index (χ2v) is 5.09. The lowest BCUT2D eigenvalue weighted by atomic mass is 9.79. The van der Waals surface area contributed by atoms with E-state index < -0.39 is 5.41 Å². The first-order valence-corrected chi connectivity index (χ1v) is 6.32. The van der Waals surface area contributed by atoms with Crippen LogP contribution in [0.1, 0.15) is 40.0 Å². The van der Waals surface area contributed by atoms with Gasteiger partial charge in [-0.15, -0.1) is 0 Å². The van der Waals surface area contributed by atoms with E-state index in [1.165, 1.54) is 0 Å². The van der Waals surface area contributed by atoms with Crippen molar-refractivity contribution in [3.05, 3.63) is 0 Å². The summed E-state index contributed by atoms with van der Waals surface area (Å²) in [6, 6.07) is 0. The SMILES string of the molecule is CCC(CC)(C(=O)NC1(C)CCOC1)C(N)=NO. The van der Waals surface area contributed by atoms with E-state index in [0.29, 0.717) is 26.1 Å². The molecule has 0 bridgehead atoms. The van der Waals surface area contributed by atoms with Crippen LogP contribution in [0.15, 0.2) is 5.16 Å². The second-order valence-electron chi connectivity index (χ2n) is 5.09. The van der Waals surface area contributed by atoms with Crippen molar-refractivity contribution in [2.75, 3.05) is 13.2 Å². The normalized spacial score (nSPS) is 25.2. The third kappa shape index (κ3) is 2.58. The van der Waals surface area contributed by atoms with E-state index in [0.717, 1.165) is 6.42 Å². The Bertz CT molecular complexity index is 331. The first-order valence-electron chi connectivity index (χ1n) is 6.32. The zero-order valence-electron chi connectivity index (χ0n) is 11.3. The third-order valence-corrected chi connectivity index (χ3v) is 3.87. The molecule has 0 aliphatic carbocycles. The third-order valence-electron chi connectivity index (χ3n) is 3.87. The summed E-state index contributed by atoms with van der Waals surface area (Å²) in [6.45, 7) is 6.80. The van der Waals surface area contributed by atoms with Gasteiger partial charge < -0.3 is 21.0 Å². The second kappa shape index (κ2) is 5.56. The highest BCUT2D eigenvalue weighted by Gasteiger charge is 2.43. The molecule has 1 aliphatic heterocycles. The molecule has 0 saturated carbocycles. The van der Waals surface area contributed by atoms with E-state index in [9.17, 15) is 4.79 Å². The Kier molecular flexibility index (Phi) is 4.56. The molecule has 6 heteroatoms. The highest BCUT2D eigenvalue weighted by molar-refractivity contribution is 6.06. The van der Waals surface area contributed by atoms with Crippen molar-refractivity contribution < 1.29 is 14.7 Å². The van der Waals surface area contributed by atoms with Gasteiger partial charge in [0.05, 0.1) is 12.1 Å². The van der Waals surface area contributed by atoms with Crippen molar-refractivity contribution >= 4 is 11.7 Å². The summed E-state index contributed by atoms with van der Waals surface area (Å²) in [5.74, 6) is -0.233. The van der Waals surface area contributed by atoms with Crippen LogP contribution in [0.2, 0.25) is 0 Å². The minimum Gasteiger partial charge on any atom is -0.409 e. The quantitative estimate of drug-likeness (QED) is 0.294. The van der Waals surface area contributed by atoms with Gasteiger partial charge in [0.1, 0.15) is 5.41 Å². The van der Waals surface area contributed by atoms with Gasteiger partial charge in [-0.2, -0.15) is 0 Å². The van der Waals surface area contributed by atoms with Crippen LogP contribution in [0.3, 0.4) is 0 Å². The van der Waals surface area contributed by atoms with Gasteiger partial charge in [-0.05, 0) is 26.2 Å². The first kappa shape index (κ1) is 14.8. The van der Waals surface area contributed by atoms with Gasteiger partial charge in [0.2, 0.25) is 5.91 Å². The minimum atomic E-state index is -0.944. The lowest BCUT2D eigenvalue weighted by Gasteiger charge is -2.33. The molecule has 0 aromatic heterocycles. The van der Waals surface area contributed by atoms with Crippen molar-refractivity contribution in [2.24, 2.45) is 16.3 Å². The van der Waals surface area contributed by atoms with Gasteiger partial charge in [0, 0.05) is 6.61 Å². The molecule has 104 valence electrons. The lowest BCUT2D eigenvalue weighted by Crippen LogP contribution is -2.56. The first-order chi connectivity index (χ1) is 8.44. The van der Waals surface area contributed by atoms with Gasteiger partial charge in [-0.3, -0.25) is 4.79 Å². The van der Waals surface area contributed by atoms with Crippen LogP contribution >= 0.6 is 0 Å². The summed E-state index contributed by atoms with van der Waals surface area (Å²) in [5, 5.41) is 14.9. The lowest BCUT2D eigenvalue weighted by molar-refractivity contribution is -0.129. The predicted octanol–water partition coefficient (Wildman–Crippen LogP) is 0.834. The molecule has 0 aromatic rings. The van der Waals surface area contributed by atoms with Crippen molar-refractivity contribution in [1.29, 1.82) is 0 Å². The molecule has 4 N–H and O–H groups in total. The Morgan fingerprint density at radius 2 is 2.17 bits per heavy atom. The number of carbonyl (C=O) groups excluding carboxylic acids is 1. The molecule has 1 unspecified atom stereocenters. The van der Waals surface area contributed by atoms with E-state index in [-0.39, 0.29) is 17.3 Å². The number of nitrogens with one attached hydrogen (secondary N) is 1. The van der Waals surface area contributed by atoms with Crippen LogP contribution in [0, 0.1) is 5.41 Å². The highest BCUT2D eigenvalue weighted by atomic mass is 16.5. The molecule has 1 saturated heterocycles. The van der Waals surface area contributed by atoms with Gasteiger partial charge >= 0.3 is 0 Å². The monoisotopic (exact) mass is 257 g/mol. The number of carbonyl (C=O) groups is 1. The number of amidine groups is 1. The fourth-order valence-corrected chi connectivity index (χ4v) is 2.30. The number of rotatable bonds is 5. The summed E-state index contributed by atoms with van der Waals surface area (Å²) >= 11 is 0. The number of nitrogens with two attached hydrogens (primary N) is 1. The molecule has 1 rings (SSSR count). The largest absolute Gasteiger partial charge is 0.409 e. The standard InChI is InChI=1S/C12H23N3O3/c1-4-12(5-2,9(13)15-17)10(16)14-11(3)6-7-18-8-11/h17H,4-8H2,1-3H3,(H2,13,15)(H,14,16). The van der Waals surface area contributed by atoms with Gasteiger partial charge in [-0.25, -0.2) is 0 Å². The van der Waals surface area contributed by atoms with Crippen LogP contribution in [0.25, 0.3) is 0 Å². The fraction of sp³-hybridized carbons (Fsp3) is 0.833. The molecule has 1 fully saturated rings. The predicted molar refractivity (Wildman–Crippen MR) is 68.4 cm³/mol. The molecule has 18 heavy (non-hydrogen) atoms. The molecule has 0 spiro atoms. The maximum Gasteiger partial charge on any atom is 0.234 e. The van der Waals surface area contributed by atoms with Crippen molar-refractivity contribution in [3.63, 3.8) is 0 Å². The number of amides is 1. The molecule has 1 atom stereocenters. The summed E-state index contributed by atoms with van der Waals surface area (Å²) in [5.41, 5.74) is 4.40. The zero-order valence-corrected chi connectivity index (χ0v) is 11.3. The molecule has 1 amide bonds. The smallest absolute Gasteiger partial charge is 0.234 e. The van der Waals surface area contributed by atoms with Crippen LogP contribution in [0.5, 0.6) is 0 Å². The molecule has 0 radical (unpaired) electrons. The number of hydrogen-bond acceptors (Lipinski definition) is 4. The summed E-state index contributed by atoms with van der Waals surface area (Å²) < 4.78 is 5.30.